The Bertz CT molecular complexity index is 296. The fourth-order valence-electron chi connectivity index (χ4n) is 1.43. The molecule has 0 saturated carbocycles. The lowest BCUT2D eigenvalue weighted by molar-refractivity contribution is -0.0996. The molecule has 2 unspecified atom stereocenters. The minimum Gasteiger partial charge on any atom is -0.466 e. The van der Waals surface area contributed by atoms with Crippen molar-refractivity contribution in [1.82, 2.24) is 0 Å². The molecule has 1 fully saturated rings. The maximum Gasteiger partial charge on any atom is 0.137 e. The van der Waals surface area contributed by atoms with E-state index in [1.807, 2.05) is 6.07 Å². The molecule has 0 aromatic carbocycles. The van der Waals surface area contributed by atoms with Gasteiger partial charge >= 0.3 is 0 Å². The van der Waals surface area contributed by atoms with Crippen molar-refractivity contribution in [2.75, 3.05) is 19.8 Å². The zero-order valence-electron chi connectivity index (χ0n) is 7.61. The van der Waals surface area contributed by atoms with Crippen molar-refractivity contribution in [2.24, 2.45) is 5.73 Å². The number of halogens is 1. The molecular weight excluding hydrogens is 250 g/mol. The number of ether oxygens (including phenoxy) is 2. The molecule has 0 radical (unpaired) electrons. The van der Waals surface area contributed by atoms with E-state index in [4.69, 9.17) is 19.6 Å². The van der Waals surface area contributed by atoms with E-state index in [-0.39, 0.29) is 12.1 Å². The average Bonchev–Trinajstić information content (AvgIpc) is 2.65. The molecule has 0 amide bonds. The first-order valence-corrected chi connectivity index (χ1v) is 5.26. The maximum absolute atomic E-state index is 5.99. The van der Waals surface area contributed by atoms with Crippen molar-refractivity contribution < 1.29 is 13.9 Å². The number of hydrogen-bond donors (Lipinski definition) is 1. The van der Waals surface area contributed by atoms with Crippen molar-refractivity contribution in [3.8, 4) is 0 Å². The summed E-state index contributed by atoms with van der Waals surface area (Å²) in [5, 5.41) is 0. The van der Waals surface area contributed by atoms with Gasteiger partial charge in [0.15, 0.2) is 0 Å². The van der Waals surface area contributed by atoms with Gasteiger partial charge in [-0.25, -0.2) is 0 Å². The number of rotatable bonds is 2. The quantitative estimate of drug-likeness (QED) is 0.876. The Hall–Kier alpha value is -0.360. The zero-order valence-corrected chi connectivity index (χ0v) is 9.20. The molecule has 14 heavy (non-hydrogen) atoms. The second kappa shape index (κ2) is 4.44. The smallest absolute Gasteiger partial charge is 0.137 e. The van der Waals surface area contributed by atoms with Gasteiger partial charge in [0.2, 0.25) is 0 Å². The van der Waals surface area contributed by atoms with E-state index in [9.17, 15) is 0 Å². The predicted octanol–water partition coefficient (Wildman–Crippen LogP) is 1.46. The summed E-state index contributed by atoms with van der Waals surface area (Å²) in [6, 6.07) is 1.54. The minimum absolute atomic E-state index is 0.119. The lowest BCUT2D eigenvalue weighted by Gasteiger charge is -2.26. The Morgan fingerprint density at radius 2 is 2.36 bits per heavy atom. The molecule has 0 aliphatic carbocycles. The zero-order chi connectivity index (χ0) is 9.97. The van der Waals surface area contributed by atoms with Crippen LogP contribution in [0.3, 0.4) is 0 Å². The Morgan fingerprint density at radius 1 is 1.50 bits per heavy atom. The van der Waals surface area contributed by atoms with Gasteiger partial charge in [0, 0.05) is 0 Å². The summed E-state index contributed by atoms with van der Waals surface area (Å²) in [5.74, 6) is 0.709. The van der Waals surface area contributed by atoms with E-state index in [0.717, 1.165) is 4.47 Å². The van der Waals surface area contributed by atoms with Crippen LogP contribution < -0.4 is 5.73 Å². The molecule has 0 spiro atoms. The fourth-order valence-corrected chi connectivity index (χ4v) is 1.89. The highest BCUT2D eigenvalue weighted by molar-refractivity contribution is 9.10. The molecule has 1 aromatic rings. The highest BCUT2D eigenvalue weighted by Gasteiger charge is 2.26. The van der Waals surface area contributed by atoms with E-state index in [2.05, 4.69) is 15.9 Å². The molecule has 0 bridgehead atoms. The molecule has 2 N–H and O–H groups in total. The monoisotopic (exact) mass is 261 g/mol. The average molecular weight is 262 g/mol. The molecule has 1 aliphatic heterocycles. The van der Waals surface area contributed by atoms with Crippen LogP contribution in [0.25, 0.3) is 0 Å². The van der Waals surface area contributed by atoms with E-state index >= 15 is 0 Å². The molecule has 2 atom stereocenters. The first-order valence-electron chi connectivity index (χ1n) is 4.47. The summed E-state index contributed by atoms with van der Waals surface area (Å²) in [4.78, 5) is 0. The van der Waals surface area contributed by atoms with Crippen LogP contribution in [0, 0.1) is 0 Å². The fraction of sp³-hybridized carbons (Fsp3) is 0.556. The SMILES string of the molecule is NC(c1occc1Br)C1COCCO1. The van der Waals surface area contributed by atoms with Crippen molar-refractivity contribution in [1.29, 1.82) is 0 Å². The third-order valence-electron chi connectivity index (χ3n) is 2.19. The predicted molar refractivity (Wildman–Crippen MR) is 53.9 cm³/mol. The van der Waals surface area contributed by atoms with Gasteiger partial charge < -0.3 is 19.6 Å². The number of hydrogen-bond acceptors (Lipinski definition) is 4. The van der Waals surface area contributed by atoms with Gasteiger partial charge in [-0.15, -0.1) is 0 Å². The molecule has 1 aromatic heterocycles. The standard InChI is InChI=1S/C9H12BrNO3/c10-6-1-2-14-9(6)8(11)7-5-12-3-4-13-7/h1-2,7-8H,3-5,11H2. The van der Waals surface area contributed by atoms with E-state index < -0.39 is 0 Å². The Balaban J connectivity index is 2.07. The van der Waals surface area contributed by atoms with Gasteiger partial charge in [0.05, 0.1) is 36.6 Å². The molecule has 4 nitrogen and oxygen atoms in total. The summed E-state index contributed by atoms with van der Waals surface area (Å²) in [6.45, 7) is 1.76. The second-order valence-electron chi connectivity index (χ2n) is 3.14. The van der Waals surface area contributed by atoms with Gasteiger partial charge in [0.1, 0.15) is 11.9 Å². The molecule has 1 aliphatic rings. The van der Waals surface area contributed by atoms with Crippen LogP contribution in [0.5, 0.6) is 0 Å². The van der Waals surface area contributed by atoms with Crippen molar-refractivity contribution in [3.05, 3.63) is 22.6 Å². The molecule has 1 saturated heterocycles. The van der Waals surface area contributed by atoms with Gasteiger partial charge in [-0.05, 0) is 22.0 Å². The van der Waals surface area contributed by atoms with Crippen LogP contribution in [0.1, 0.15) is 11.8 Å². The Labute approximate surface area is 90.5 Å². The largest absolute Gasteiger partial charge is 0.466 e. The second-order valence-corrected chi connectivity index (χ2v) is 4.00. The number of furan rings is 1. The van der Waals surface area contributed by atoms with E-state index in [1.54, 1.807) is 6.26 Å². The lowest BCUT2D eigenvalue weighted by Crippen LogP contribution is -2.37. The first-order chi connectivity index (χ1) is 6.79. The third kappa shape index (κ3) is 2.00. The molecular formula is C9H12BrNO3. The summed E-state index contributed by atoms with van der Waals surface area (Å²) in [7, 11) is 0. The highest BCUT2D eigenvalue weighted by Crippen LogP contribution is 2.27. The van der Waals surface area contributed by atoms with Crippen LogP contribution in [0.2, 0.25) is 0 Å². The summed E-state index contributed by atoms with van der Waals surface area (Å²) >= 11 is 3.36. The maximum atomic E-state index is 5.99. The van der Waals surface area contributed by atoms with E-state index in [1.165, 1.54) is 0 Å². The summed E-state index contributed by atoms with van der Waals surface area (Å²) < 4.78 is 16.9. The van der Waals surface area contributed by atoms with Crippen molar-refractivity contribution >= 4 is 15.9 Å². The summed E-state index contributed by atoms with van der Waals surface area (Å²) in [5.41, 5.74) is 5.99. The van der Waals surface area contributed by atoms with Gasteiger partial charge in [-0.1, -0.05) is 0 Å². The normalized spacial score (nSPS) is 24.9. The first kappa shape index (κ1) is 10.2. The van der Waals surface area contributed by atoms with Crippen LogP contribution in [-0.2, 0) is 9.47 Å². The highest BCUT2D eigenvalue weighted by atomic mass is 79.9. The molecule has 78 valence electrons. The Kier molecular flexibility index (Phi) is 3.22. The number of nitrogens with two attached hydrogens (primary N) is 1. The van der Waals surface area contributed by atoms with Gasteiger partial charge in [0.25, 0.3) is 0 Å². The van der Waals surface area contributed by atoms with Crippen LogP contribution >= 0.6 is 15.9 Å². The minimum atomic E-state index is -0.278. The van der Waals surface area contributed by atoms with Gasteiger partial charge in [-0.2, -0.15) is 0 Å². The third-order valence-corrected chi connectivity index (χ3v) is 2.84. The van der Waals surface area contributed by atoms with E-state index in [0.29, 0.717) is 25.6 Å². The Morgan fingerprint density at radius 3 is 2.93 bits per heavy atom. The van der Waals surface area contributed by atoms with Crippen molar-refractivity contribution in [2.45, 2.75) is 12.1 Å². The molecule has 2 rings (SSSR count). The lowest BCUT2D eigenvalue weighted by atomic mass is 10.1. The molecule has 2 heterocycles. The van der Waals surface area contributed by atoms with Crippen molar-refractivity contribution in [3.63, 3.8) is 0 Å². The van der Waals surface area contributed by atoms with Crippen LogP contribution in [0.15, 0.2) is 21.2 Å². The van der Waals surface area contributed by atoms with Gasteiger partial charge in [-0.3, -0.25) is 0 Å². The summed E-state index contributed by atoms with van der Waals surface area (Å²) in [6.07, 6.45) is 1.48. The topological polar surface area (TPSA) is 57.6 Å². The van der Waals surface area contributed by atoms with Crippen LogP contribution in [0.4, 0.5) is 0 Å². The van der Waals surface area contributed by atoms with Crippen LogP contribution in [-0.4, -0.2) is 25.9 Å². The molecule has 5 heteroatoms.